The van der Waals surface area contributed by atoms with Gasteiger partial charge in [0.15, 0.2) is 0 Å². The second-order valence-corrected chi connectivity index (χ2v) is 11.7. The summed E-state index contributed by atoms with van der Waals surface area (Å²) < 4.78 is 4.84. The molecular weight excluding hydrogens is 428 g/mol. The maximum Gasteiger partial charge on any atom is 0.337 e. The first-order valence-corrected chi connectivity index (χ1v) is 13.6. The highest BCUT2D eigenvalue weighted by Crippen LogP contribution is 2.54. The predicted octanol–water partition coefficient (Wildman–Crippen LogP) is 9.14. The molecule has 190 valence electrons. The zero-order valence-corrected chi connectivity index (χ0v) is 23.4. The van der Waals surface area contributed by atoms with Crippen molar-refractivity contribution >= 4 is 17.6 Å². The third kappa shape index (κ3) is 5.74. The van der Waals surface area contributed by atoms with E-state index in [0.29, 0.717) is 11.5 Å². The molecule has 35 heavy (non-hydrogen) atoms. The molecule has 2 nitrogen and oxygen atoms in total. The van der Waals surface area contributed by atoms with Gasteiger partial charge in [0.25, 0.3) is 0 Å². The third-order valence-corrected chi connectivity index (χ3v) is 8.74. The molecule has 0 saturated heterocycles. The highest BCUT2D eigenvalue weighted by atomic mass is 16.5. The second kappa shape index (κ2) is 11.1. The van der Waals surface area contributed by atoms with Gasteiger partial charge in [-0.05, 0) is 82.0 Å². The van der Waals surface area contributed by atoms with Gasteiger partial charge in [-0.15, -0.1) is 0 Å². The summed E-state index contributed by atoms with van der Waals surface area (Å²) in [6, 6.07) is 12.7. The van der Waals surface area contributed by atoms with E-state index in [1.54, 1.807) is 0 Å². The van der Waals surface area contributed by atoms with E-state index in [1.807, 2.05) is 24.3 Å². The number of benzene rings is 2. The number of esters is 1. The van der Waals surface area contributed by atoms with Gasteiger partial charge >= 0.3 is 5.97 Å². The maximum absolute atomic E-state index is 11.8. The number of ether oxygens (including phenoxy) is 1. The average molecular weight is 475 g/mol. The minimum atomic E-state index is -0.295. The molecule has 2 heteroatoms. The van der Waals surface area contributed by atoms with Crippen molar-refractivity contribution in [2.75, 3.05) is 7.11 Å². The van der Waals surface area contributed by atoms with Crippen molar-refractivity contribution < 1.29 is 9.53 Å². The Labute approximate surface area is 214 Å². The van der Waals surface area contributed by atoms with Gasteiger partial charge in [-0.2, -0.15) is 0 Å². The summed E-state index contributed by atoms with van der Waals surface area (Å²) in [6.45, 7) is 16.6. The Morgan fingerprint density at radius 2 is 1.49 bits per heavy atom. The number of methoxy groups -OCH3 is 1. The van der Waals surface area contributed by atoms with Crippen LogP contribution < -0.4 is 0 Å². The molecule has 3 rings (SSSR count). The third-order valence-electron chi connectivity index (χ3n) is 8.74. The Hall–Kier alpha value is -2.35. The van der Waals surface area contributed by atoms with Gasteiger partial charge in [0.2, 0.25) is 0 Å². The van der Waals surface area contributed by atoms with Crippen molar-refractivity contribution in [1.82, 2.24) is 0 Å². The van der Waals surface area contributed by atoms with Crippen LogP contribution in [0.1, 0.15) is 125 Å². The lowest BCUT2D eigenvalue weighted by atomic mass is 9.71. The SMILES string of the molecule is CCCCCCCCc1cc2c(cc1/C(C)=C/c1ccc(C(=O)OC)cc1)C(C)(C)C(C)C2(C)C. The highest BCUT2D eigenvalue weighted by molar-refractivity contribution is 5.90. The first kappa shape index (κ1) is 27.2. The van der Waals surface area contributed by atoms with Crippen LogP contribution >= 0.6 is 0 Å². The minimum absolute atomic E-state index is 0.148. The predicted molar refractivity (Wildman–Crippen MR) is 150 cm³/mol. The van der Waals surface area contributed by atoms with Crippen molar-refractivity contribution in [3.63, 3.8) is 0 Å². The standard InChI is InChI=1S/C33H46O2/c1-9-10-11-12-13-14-15-27-21-29-30(33(6,7)24(3)32(29,4)5)22-28(27)23(2)20-25-16-18-26(19-17-25)31(34)35-8/h16-22,24H,9-15H2,1-8H3/b23-20+. The molecule has 1 aliphatic carbocycles. The molecule has 1 unspecified atom stereocenters. The number of carbonyl (C=O) groups excluding carboxylic acids is 1. The van der Waals surface area contributed by atoms with Crippen molar-refractivity contribution in [2.45, 2.75) is 104 Å². The summed E-state index contributed by atoms with van der Waals surface area (Å²) in [7, 11) is 1.42. The molecule has 1 aliphatic rings. The normalized spacial score (nSPS) is 18.4. The zero-order valence-electron chi connectivity index (χ0n) is 23.4. The molecule has 0 aromatic heterocycles. The van der Waals surface area contributed by atoms with Gasteiger partial charge in [0.05, 0.1) is 12.7 Å². The number of rotatable bonds is 10. The molecule has 0 radical (unpaired) electrons. The maximum atomic E-state index is 11.8. The monoisotopic (exact) mass is 474 g/mol. The lowest BCUT2D eigenvalue weighted by molar-refractivity contribution is 0.0600. The fraction of sp³-hybridized carbons (Fsp3) is 0.545. The van der Waals surface area contributed by atoms with E-state index in [0.717, 1.165) is 12.0 Å². The number of carbonyl (C=O) groups is 1. The van der Waals surface area contributed by atoms with Gasteiger partial charge in [-0.25, -0.2) is 4.79 Å². The number of hydrogen-bond acceptors (Lipinski definition) is 2. The van der Waals surface area contributed by atoms with Crippen LogP contribution in [0.3, 0.4) is 0 Å². The van der Waals surface area contributed by atoms with Crippen molar-refractivity contribution in [1.29, 1.82) is 0 Å². The Morgan fingerprint density at radius 3 is 2.09 bits per heavy atom. The van der Waals surface area contributed by atoms with E-state index in [4.69, 9.17) is 4.74 Å². The van der Waals surface area contributed by atoms with Crippen LogP contribution in [0.15, 0.2) is 36.4 Å². The highest BCUT2D eigenvalue weighted by Gasteiger charge is 2.48. The molecule has 2 aromatic carbocycles. The number of unbranched alkanes of at least 4 members (excludes halogenated alkanes) is 5. The molecule has 0 bridgehead atoms. The molecule has 1 atom stereocenters. The van der Waals surface area contributed by atoms with Crippen LogP contribution in [-0.2, 0) is 22.0 Å². The van der Waals surface area contributed by atoms with E-state index >= 15 is 0 Å². The van der Waals surface area contributed by atoms with Crippen molar-refractivity contribution in [3.8, 4) is 0 Å². The topological polar surface area (TPSA) is 26.3 Å². The smallest absolute Gasteiger partial charge is 0.337 e. The second-order valence-electron chi connectivity index (χ2n) is 11.7. The molecule has 0 N–H and O–H groups in total. The molecule has 0 heterocycles. The minimum Gasteiger partial charge on any atom is -0.465 e. The number of fused-ring (bicyclic) bond motifs is 1. The van der Waals surface area contributed by atoms with Crippen molar-refractivity contribution in [2.24, 2.45) is 5.92 Å². The summed E-state index contributed by atoms with van der Waals surface area (Å²) in [4.78, 5) is 11.8. The Bertz CT molecular complexity index is 1050. The van der Waals surface area contributed by atoms with E-state index < -0.39 is 0 Å². The number of hydrogen-bond donors (Lipinski definition) is 0. The summed E-state index contributed by atoms with van der Waals surface area (Å²) >= 11 is 0. The van der Waals surface area contributed by atoms with Crippen LogP contribution in [0.25, 0.3) is 11.6 Å². The summed E-state index contributed by atoms with van der Waals surface area (Å²) in [5.74, 6) is 0.286. The summed E-state index contributed by atoms with van der Waals surface area (Å²) in [6.07, 6.45) is 11.3. The molecular formula is C33H46O2. The molecule has 0 amide bonds. The van der Waals surface area contributed by atoms with Crippen molar-refractivity contribution in [3.05, 3.63) is 69.8 Å². The Balaban J connectivity index is 1.97. The molecule has 0 saturated carbocycles. The molecule has 0 aliphatic heterocycles. The zero-order chi connectivity index (χ0) is 25.8. The van der Waals surface area contributed by atoms with Gasteiger partial charge in [-0.1, -0.05) is 104 Å². The quantitative estimate of drug-likeness (QED) is 0.195. The van der Waals surface area contributed by atoms with E-state index in [2.05, 4.69) is 66.7 Å². The van der Waals surface area contributed by atoms with Crippen LogP contribution in [0.5, 0.6) is 0 Å². The summed E-state index contributed by atoms with van der Waals surface area (Å²) in [5.41, 5.74) is 9.21. The van der Waals surface area contributed by atoms with Gasteiger partial charge < -0.3 is 4.74 Å². The van der Waals surface area contributed by atoms with E-state index in [1.165, 1.54) is 73.5 Å². The largest absolute Gasteiger partial charge is 0.465 e. The molecule has 2 aromatic rings. The lowest BCUT2D eigenvalue weighted by Gasteiger charge is -2.32. The molecule has 0 spiro atoms. The summed E-state index contributed by atoms with van der Waals surface area (Å²) in [5, 5.41) is 0. The molecule has 0 fully saturated rings. The Morgan fingerprint density at radius 1 is 0.914 bits per heavy atom. The lowest BCUT2D eigenvalue weighted by Crippen LogP contribution is -2.30. The first-order chi connectivity index (χ1) is 16.5. The van der Waals surface area contributed by atoms with Crippen LogP contribution in [-0.4, -0.2) is 13.1 Å². The van der Waals surface area contributed by atoms with Gasteiger partial charge in [0, 0.05) is 0 Å². The van der Waals surface area contributed by atoms with Gasteiger partial charge in [-0.3, -0.25) is 0 Å². The van der Waals surface area contributed by atoms with Crippen LogP contribution in [0, 0.1) is 5.92 Å². The number of allylic oxidation sites excluding steroid dienone is 1. The fourth-order valence-corrected chi connectivity index (χ4v) is 5.91. The van der Waals surface area contributed by atoms with Gasteiger partial charge in [0.1, 0.15) is 0 Å². The Kier molecular flexibility index (Phi) is 8.67. The number of aryl methyl sites for hydroxylation is 1. The van der Waals surface area contributed by atoms with E-state index in [-0.39, 0.29) is 16.8 Å². The average Bonchev–Trinajstić information content (AvgIpc) is 2.97. The fourth-order valence-electron chi connectivity index (χ4n) is 5.91. The van der Waals surface area contributed by atoms with Crippen LogP contribution in [0.2, 0.25) is 0 Å². The van der Waals surface area contributed by atoms with Crippen LogP contribution in [0.4, 0.5) is 0 Å². The van der Waals surface area contributed by atoms with E-state index in [9.17, 15) is 4.79 Å². The first-order valence-electron chi connectivity index (χ1n) is 13.6.